The van der Waals surface area contributed by atoms with E-state index in [0.29, 0.717) is 18.7 Å². The number of carbonyl (C=O) groups is 1. The molecule has 0 radical (unpaired) electrons. The Bertz CT molecular complexity index is 857. The third kappa shape index (κ3) is 2.29. The Hall–Kier alpha value is -2.66. The number of hydrogen-bond donors (Lipinski definition) is 2. The SMILES string of the molecule is O=C(c1ccccn1)N1Cc2[nH]c3ccccc3c2CC1CO. The smallest absolute Gasteiger partial charge is 0.273 e. The van der Waals surface area contributed by atoms with E-state index in [9.17, 15) is 9.90 Å². The largest absolute Gasteiger partial charge is 0.394 e. The van der Waals surface area contributed by atoms with Crippen molar-refractivity contribution in [1.29, 1.82) is 0 Å². The van der Waals surface area contributed by atoms with E-state index in [0.717, 1.165) is 11.2 Å². The molecule has 1 aliphatic rings. The maximum atomic E-state index is 12.7. The Balaban J connectivity index is 1.73. The van der Waals surface area contributed by atoms with Gasteiger partial charge in [0.1, 0.15) is 5.69 Å². The summed E-state index contributed by atoms with van der Waals surface area (Å²) in [6, 6.07) is 13.2. The van der Waals surface area contributed by atoms with E-state index in [2.05, 4.69) is 16.0 Å². The van der Waals surface area contributed by atoms with Gasteiger partial charge in [0.2, 0.25) is 0 Å². The summed E-state index contributed by atoms with van der Waals surface area (Å²) >= 11 is 0. The molecule has 1 aliphatic heterocycles. The Kier molecular flexibility index (Phi) is 3.35. The summed E-state index contributed by atoms with van der Waals surface area (Å²) in [4.78, 5) is 22.0. The lowest BCUT2D eigenvalue weighted by Gasteiger charge is -2.34. The second-order valence-electron chi connectivity index (χ2n) is 5.82. The highest BCUT2D eigenvalue weighted by molar-refractivity contribution is 5.93. The van der Waals surface area contributed by atoms with Gasteiger partial charge in [0.05, 0.1) is 19.2 Å². The number of H-pyrrole nitrogens is 1. The normalized spacial score (nSPS) is 17.3. The fourth-order valence-corrected chi connectivity index (χ4v) is 3.31. The van der Waals surface area contributed by atoms with Crippen LogP contribution in [0.2, 0.25) is 0 Å². The molecule has 5 nitrogen and oxygen atoms in total. The average Bonchev–Trinajstić information content (AvgIpc) is 2.98. The van der Waals surface area contributed by atoms with Gasteiger partial charge in [-0.25, -0.2) is 0 Å². The molecule has 1 aromatic carbocycles. The number of amides is 1. The first-order valence-corrected chi connectivity index (χ1v) is 7.69. The molecule has 1 amide bonds. The highest BCUT2D eigenvalue weighted by Gasteiger charge is 2.32. The minimum Gasteiger partial charge on any atom is -0.394 e. The molecular weight excluding hydrogens is 290 g/mol. The van der Waals surface area contributed by atoms with Crippen LogP contribution in [0.15, 0.2) is 48.7 Å². The highest BCUT2D eigenvalue weighted by Crippen LogP contribution is 2.30. The van der Waals surface area contributed by atoms with Crippen molar-refractivity contribution >= 4 is 16.8 Å². The minimum absolute atomic E-state index is 0.0580. The van der Waals surface area contributed by atoms with Gasteiger partial charge >= 0.3 is 0 Å². The third-order valence-electron chi connectivity index (χ3n) is 4.47. The van der Waals surface area contributed by atoms with Crippen LogP contribution in [0, 0.1) is 0 Å². The van der Waals surface area contributed by atoms with Crippen molar-refractivity contribution in [2.75, 3.05) is 6.61 Å². The molecule has 0 spiro atoms. The van der Waals surface area contributed by atoms with Gasteiger partial charge in [-0.05, 0) is 30.2 Å². The van der Waals surface area contributed by atoms with Gasteiger partial charge in [0.15, 0.2) is 0 Å². The topological polar surface area (TPSA) is 69.2 Å². The Morgan fingerprint density at radius 2 is 2.09 bits per heavy atom. The molecule has 2 N–H and O–H groups in total. The van der Waals surface area contributed by atoms with Crippen molar-refractivity contribution in [3.05, 3.63) is 65.6 Å². The lowest BCUT2D eigenvalue weighted by molar-refractivity contribution is 0.0536. The summed E-state index contributed by atoms with van der Waals surface area (Å²) in [5, 5.41) is 10.9. The molecule has 4 rings (SSSR count). The van der Waals surface area contributed by atoms with Gasteiger partial charge < -0.3 is 15.0 Å². The number of fused-ring (bicyclic) bond motifs is 3. The zero-order chi connectivity index (χ0) is 15.8. The molecule has 3 heterocycles. The zero-order valence-corrected chi connectivity index (χ0v) is 12.6. The van der Waals surface area contributed by atoms with Crippen molar-refractivity contribution in [2.45, 2.75) is 19.0 Å². The Morgan fingerprint density at radius 3 is 2.87 bits per heavy atom. The van der Waals surface area contributed by atoms with Crippen LogP contribution < -0.4 is 0 Å². The number of aromatic nitrogens is 2. The molecule has 0 fully saturated rings. The third-order valence-corrected chi connectivity index (χ3v) is 4.47. The van der Waals surface area contributed by atoms with Gasteiger partial charge in [0, 0.05) is 22.8 Å². The van der Waals surface area contributed by atoms with E-state index in [1.165, 1.54) is 10.9 Å². The summed E-state index contributed by atoms with van der Waals surface area (Å²) in [7, 11) is 0. The van der Waals surface area contributed by atoms with Crippen LogP contribution in [-0.2, 0) is 13.0 Å². The lowest BCUT2D eigenvalue weighted by Crippen LogP contribution is -2.46. The number of aromatic amines is 1. The summed E-state index contributed by atoms with van der Waals surface area (Å²) in [6.45, 7) is 0.405. The van der Waals surface area contributed by atoms with Crippen molar-refractivity contribution in [3.8, 4) is 0 Å². The predicted molar refractivity (Wildman–Crippen MR) is 87.0 cm³/mol. The van der Waals surface area contributed by atoms with Gasteiger partial charge in [-0.3, -0.25) is 9.78 Å². The number of pyridine rings is 1. The molecule has 0 aliphatic carbocycles. The van der Waals surface area contributed by atoms with Crippen molar-refractivity contribution in [2.24, 2.45) is 0 Å². The summed E-state index contributed by atoms with van der Waals surface area (Å²) in [5.74, 6) is -0.144. The van der Waals surface area contributed by atoms with Crippen molar-refractivity contribution < 1.29 is 9.90 Å². The Labute approximate surface area is 133 Å². The molecule has 5 heteroatoms. The molecule has 0 saturated carbocycles. The molecule has 0 bridgehead atoms. The maximum Gasteiger partial charge on any atom is 0.273 e. The number of aliphatic hydroxyl groups excluding tert-OH is 1. The van der Waals surface area contributed by atoms with Gasteiger partial charge in [-0.15, -0.1) is 0 Å². The second kappa shape index (κ2) is 5.52. The van der Waals surface area contributed by atoms with Gasteiger partial charge in [-0.1, -0.05) is 24.3 Å². The van der Waals surface area contributed by atoms with Crippen molar-refractivity contribution in [3.63, 3.8) is 0 Å². The van der Waals surface area contributed by atoms with E-state index in [1.807, 2.05) is 18.2 Å². The predicted octanol–water partition coefficient (Wildman–Crippen LogP) is 2.12. The molecule has 23 heavy (non-hydrogen) atoms. The van der Waals surface area contributed by atoms with Crippen LogP contribution in [0.4, 0.5) is 0 Å². The quantitative estimate of drug-likeness (QED) is 0.762. The molecule has 1 atom stereocenters. The molecule has 0 saturated heterocycles. The molecular formula is C18H17N3O2. The molecule has 116 valence electrons. The van der Waals surface area contributed by atoms with E-state index in [-0.39, 0.29) is 18.6 Å². The number of rotatable bonds is 2. The van der Waals surface area contributed by atoms with Gasteiger partial charge in [0.25, 0.3) is 5.91 Å². The van der Waals surface area contributed by atoms with E-state index < -0.39 is 0 Å². The number of benzene rings is 1. The van der Waals surface area contributed by atoms with Gasteiger partial charge in [-0.2, -0.15) is 0 Å². The van der Waals surface area contributed by atoms with Crippen LogP contribution in [0.3, 0.4) is 0 Å². The first-order valence-electron chi connectivity index (χ1n) is 7.69. The Morgan fingerprint density at radius 1 is 1.26 bits per heavy atom. The zero-order valence-electron chi connectivity index (χ0n) is 12.6. The summed E-state index contributed by atoms with van der Waals surface area (Å²) in [5.41, 5.74) is 3.72. The number of nitrogens with one attached hydrogen (secondary N) is 1. The van der Waals surface area contributed by atoms with Crippen LogP contribution in [0.5, 0.6) is 0 Å². The van der Waals surface area contributed by atoms with E-state index in [4.69, 9.17) is 0 Å². The molecule has 3 aromatic rings. The average molecular weight is 307 g/mol. The first kappa shape index (κ1) is 14.0. The van der Waals surface area contributed by atoms with E-state index in [1.54, 1.807) is 29.3 Å². The summed E-state index contributed by atoms with van der Waals surface area (Å²) in [6.07, 6.45) is 2.26. The first-order chi connectivity index (χ1) is 11.3. The number of aliphatic hydroxyl groups is 1. The number of hydrogen-bond acceptors (Lipinski definition) is 3. The van der Waals surface area contributed by atoms with E-state index >= 15 is 0 Å². The fourth-order valence-electron chi connectivity index (χ4n) is 3.31. The second-order valence-corrected chi connectivity index (χ2v) is 5.82. The molecule has 1 unspecified atom stereocenters. The van der Waals surface area contributed by atoms with Crippen LogP contribution in [-0.4, -0.2) is 38.5 Å². The fraction of sp³-hybridized carbons (Fsp3) is 0.222. The number of para-hydroxylation sites is 1. The van der Waals surface area contributed by atoms with Crippen LogP contribution in [0.1, 0.15) is 21.7 Å². The molecule has 2 aromatic heterocycles. The number of carbonyl (C=O) groups excluding carboxylic acids is 1. The standard InChI is InChI=1S/C18H17N3O2/c22-11-12-9-14-13-5-1-2-6-15(13)20-17(14)10-21(12)18(23)16-7-3-4-8-19-16/h1-8,12,20,22H,9-11H2. The minimum atomic E-state index is -0.226. The van der Waals surface area contributed by atoms with Crippen LogP contribution >= 0.6 is 0 Å². The maximum absolute atomic E-state index is 12.7. The van der Waals surface area contributed by atoms with Crippen LogP contribution in [0.25, 0.3) is 10.9 Å². The monoisotopic (exact) mass is 307 g/mol. The highest BCUT2D eigenvalue weighted by atomic mass is 16.3. The van der Waals surface area contributed by atoms with Crippen molar-refractivity contribution in [1.82, 2.24) is 14.9 Å². The number of nitrogens with zero attached hydrogens (tertiary/aromatic N) is 2. The summed E-state index contributed by atoms with van der Waals surface area (Å²) < 4.78 is 0. The lowest BCUT2D eigenvalue weighted by atomic mass is 9.96.